The summed E-state index contributed by atoms with van der Waals surface area (Å²) in [5, 5.41) is 0.423. The Hall–Kier alpha value is -0.310. The van der Waals surface area contributed by atoms with Gasteiger partial charge in [-0.25, -0.2) is 0 Å². The van der Waals surface area contributed by atoms with Crippen molar-refractivity contribution in [1.82, 2.24) is 0 Å². The van der Waals surface area contributed by atoms with Crippen LogP contribution in [-0.2, 0) is 9.59 Å². The van der Waals surface area contributed by atoms with E-state index >= 15 is 0 Å². The average Bonchev–Trinajstić information content (AvgIpc) is 2.31. The summed E-state index contributed by atoms with van der Waals surface area (Å²) in [7, 11) is 0. The van der Waals surface area contributed by atoms with Gasteiger partial charge in [-0.05, 0) is 13.3 Å². The maximum absolute atomic E-state index is 10.8. The largest absolute Gasteiger partial charge is 0.300 e. The van der Waals surface area contributed by atoms with Crippen molar-refractivity contribution in [2.45, 2.75) is 31.4 Å². The van der Waals surface area contributed by atoms with Gasteiger partial charge in [-0.15, -0.1) is 0 Å². The summed E-state index contributed by atoms with van der Waals surface area (Å²) in [5.74, 6) is 1.12. The molecule has 0 spiro atoms. The number of Topliss-reactive ketones (excluding diaryl/α,β-unsaturated/α-hetero) is 2. The van der Waals surface area contributed by atoms with Crippen LogP contribution < -0.4 is 0 Å². The molecule has 1 rings (SSSR count). The Bertz CT molecular complexity index is 177. The Morgan fingerprint density at radius 2 is 2.45 bits per heavy atom. The molecular formula is C8H12O2S. The Morgan fingerprint density at radius 1 is 1.73 bits per heavy atom. The molecule has 0 saturated heterocycles. The minimum Gasteiger partial charge on any atom is -0.300 e. The van der Waals surface area contributed by atoms with Gasteiger partial charge in [-0.1, -0.05) is 0 Å². The molecule has 1 saturated carbocycles. The molecule has 1 atom stereocenters. The average molecular weight is 172 g/mol. The highest BCUT2D eigenvalue weighted by Crippen LogP contribution is 2.26. The van der Waals surface area contributed by atoms with Crippen molar-refractivity contribution in [2.24, 2.45) is 0 Å². The molecule has 0 bridgehead atoms. The standard InChI is InChI=1S/C8H12O2S/c1-6(9)5-11-8-3-2-7(10)4-8/h8H,2-5H2,1H3. The Kier molecular flexibility index (Phi) is 3.12. The lowest BCUT2D eigenvalue weighted by molar-refractivity contribution is -0.117. The maximum Gasteiger partial charge on any atom is 0.139 e. The molecule has 1 unspecified atom stereocenters. The van der Waals surface area contributed by atoms with Crippen LogP contribution in [0.2, 0.25) is 0 Å². The molecule has 0 radical (unpaired) electrons. The van der Waals surface area contributed by atoms with E-state index in [1.807, 2.05) is 0 Å². The molecule has 1 aliphatic carbocycles. The van der Waals surface area contributed by atoms with Crippen LogP contribution in [0.25, 0.3) is 0 Å². The second-order valence-electron chi connectivity index (χ2n) is 2.92. The normalized spacial score (nSPS) is 24.1. The van der Waals surface area contributed by atoms with Crippen LogP contribution in [0.3, 0.4) is 0 Å². The van der Waals surface area contributed by atoms with E-state index in [2.05, 4.69) is 0 Å². The highest BCUT2D eigenvalue weighted by molar-refractivity contribution is 8.00. The molecule has 0 aromatic heterocycles. The summed E-state index contributed by atoms with van der Waals surface area (Å²) in [6.45, 7) is 1.59. The topological polar surface area (TPSA) is 34.1 Å². The molecule has 0 amide bonds. The lowest BCUT2D eigenvalue weighted by Gasteiger charge is -2.03. The summed E-state index contributed by atoms with van der Waals surface area (Å²) < 4.78 is 0. The number of hydrogen-bond donors (Lipinski definition) is 0. The van der Waals surface area contributed by atoms with Crippen molar-refractivity contribution in [1.29, 1.82) is 0 Å². The summed E-state index contributed by atoms with van der Waals surface area (Å²) in [6.07, 6.45) is 2.37. The van der Waals surface area contributed by atoms with Crippen molar-refractivity contribution in [3.8, 4) is 0 Å². The van der Waals surface area contributed by atoms with E-state index in [1.165, 1.54) is 0 Å². The summed E-state index contributed by atoms with van der Waals surface area (Å²) in [6, 6.07) is 0. The fraction of sp³-hybridized carbons (Fsp3) is 0.750. The van der Waals surface area contributed by atoms with E-state index in [-0.39, 0.29) is 5.78 Å². The predicted octanol–water partition coefficient (Wildman–Crippen LogP) is 1.43. The van der Waals surface area contributed by atoms with Crippen LogP contribution >= 0.6 is 11.8 Å². The van der Waals surface area contributed by atoms with Gasteiger partial charge in [0, 0.05) is 18.1 Å². The number of rotatable bonds is 3. The van der Waals surface area contributed by atoms with Crippen molar-refractivity contribution >= 4 is 23.3 Å². The third-order valence-corrected chi connectivity index (χ3v) is 3.17. The van der Waals surface area contributed by atoms with E-state index in [0.717, 1.165) is 12.8 Å². The first-order valence-electron chi connectivity index (χ1n) is 3.81. The number of thioether (sulfide) groups is 1. The summed E-state index contributed by atoms with van der Waals surface area (Å²) in [5.41, 5.74) is 0. The second kappa shape index (κ2) is 3.90. The van der Waals surface area contributed by atoms with E-state index < -0.39 is 0 Å². The summed E-state index contributed by atoms with van der Waals surface area (Å²) in [4.78, 5) is 21.4. The molecule has 2 nitrogen and oxygen atoms in total. The highest BCUT2D eigenvalue weighted by Gasteiger charge is 2.22. The lowest BCUT2D eigenvalue weighted by Crippen LogP contribution is -2.02. The third-order valence-electron chi connectivity index (χ3n) is 1.72. The van der Waals surface area contributed by atoms with Crippen LogP contribution in [0.4, 0.5) is 0 Å². The van der Waals surface area contributed by atoms with Crippen molar-refractivity contribution in [3.05, 3.63) is 0 Å². The molecule has 0 aliphatic heterocycles. The van der Waals surface area contributed by atoms with E-state index in [4.69, 9.17) is 0 Å². The minimum absolute atomic E-state index is 0.203. The number of ketones is 2. The van der Waals surface area contributed by atoms with Crippen molar-refractivity contribution in [2.75, 3.05) is 5.75 Å². The van der Waals surface area contributed by atoms with Crippen LogP contribution in [0, 0.1) is 0 Å². The van der Waals surface area contributed by atoms with Gasteiger partial charge in [0.2, 0.25) is 0 Å². The van der Waals surface area contributed by atoms with Crippen LogP contribution in [0.5, 0.6) is 0 Å². The zero-order chi connectivity index (χ0) is 8.27. The van der Waals surface area contributed by atoms with Gasteiger partial charge in [0.15, 0.2) is 0 Å². The van der Waals surface area contributed by atoms with E-state index in [1.54, 1.807) is 18.7 Å². The molecule has 62 valence electrons. The predicted molar refractivity (Wildman–Crippen MR) is 45.8 cm³/mol. The van der Waals surface area contributed by atoms with E-state index in [0.29, 0.717) is 23.2 Å². The number of carbonyl (C=O) groups is 2. The first-order chi connectivity index (χ1) is 5.18. The van der Waals surface area contributed by atoms with Crippen molar-refractivity contribution in [3.63, 3.8) is 0 Å². The molecule has 1 fully saturated rings. The minimum atomic E-state index is 0.203. The zero-order valence-corrected chi connectivity index (χ0v) is 7.45. The first kappa shape index (κ1) is 8.78. The molecular weight excluding hydrogens is 160 g/mol. The fourth-order valence-electron chi connectivity index (χ4n) is 1.16. The van der Waals surface area contributed by atoms with Crippen molar-refractivity contribution < 1.29 is 9.59 Å². The SMILES string of the molecule is CC(=O)CSC1CCC(=O)C1. The molecule has 0 aromatic rings. The first-order valence-corrected chi connectivity index (χ1v) is 4.86. The van der Waals surface area contributed by atoms with Crippen LogP contribution in [-0.4, -0.2) is 22.6 Å². The number of carbonyl (C=O) groups excluding carboxylic acids is 2. The Morgan fingerprint density at radius 3 is 2.91 bits per heavy atom. The van der Waals surface area contributed by atoms with Gasteiger partial charge in [0.05, 0.1) is 5.75 Å². The Balaban J connectivity index is 2.18. The Labute approximate surface area is 70.7 Å². The smallest absolute Gasteiger partial charge is 0.139 e. The zero-order valence-electron chi connectivity index (χ0n) is 6.63. The third kappa shape index (κ3) is 3.06. The van der Waals surface area contributed by atoms with Gasteiger partial charge in [-0.3, -0.25) is 9.59 Å². The van der Waals surface area contributed by atoms with Gasteiger partial charge >= 0.3 is 0 Å². The molecule has 0 heterocycles. The lowest BCUT2D eigenvalue weighted by atomic mass is 10.4. The summed E-state index contributed by atoms with van der Waals surface area (Å²) >= 11 is 1.63. The van der Waals surface area contributed by atoms with Gasteiger partial charge in [0.25, 0.3) is 0 Å². The maximum atomic E-state index is 10.8. The molecule has 1 aliphatic rings. The second-order valence-corrected chi connectivity index (χ2v) is 4.21. The van der Waals surface area contributed by atoms with Crippen LogP contribution in [0.15, 0.2) is 0 Å². The van der Waals surface area contributed by atoms with Gasteiger partial charge < -0.3 is 0 Å². The molecule has 11 heavy (non-hydrogen) atoms. The van der Waals surface area contributed by atoms with E-state index in [9.17, 15) is 9.59 Å². The fourth-order valence-corrected chi connectivity index (χ4v) is 2.22. The molecule has 0 N–H and O–H groups in total. The van der Waals surface area contributed by atoms with Gasteiger partial charge in [0.1, 0.15) is 11.6 Å². The monoisotopic (exact) mass is 172 g/mol. The van der Waals surface area contributed by atoms with Gasteiger partial charge in [-0.2, -0.15) is 11.8 Å². The number of hydrogen-bond acceptors (Lipinski definition) is 3. The molecule has 0 aromatic carbocycles. The molecule has 3 heteroatoms. The highest BCUT2D eigenvalue weighted by atomic mass is 32.2. The quantitative estimate of drug-likeness (QED) is 0.646. The van der Waals surface area contributed by atoms with Crippen LogP contribution in [0.1, 0.15) is 26.2 Å².